The van der Waals surface area contributed by atoms with E-state index in [0.717, 1.165) is 0 Å². The largest absolute Gasteiger partial charge is 0.359 e. The van der Waals surface area contributed by atoms with E-state index in [4.69, 9.17) is 11.0 Å². The third-order valence-electron chi connectivity index (χ3n) is 1.65. The average molecular weight is 202 g/mol. The lowest BCUT2D eigenvalue weighted by Gasteiger charge is -1.97. The van der Waals surface area contributed by atoms with Gasteiger partial charge < -0.3 is 5.73 Å². The minimum atomic E-state index is -0.767. The first-order valence-electron chi connectivity index (χ1n) is 4.10. The quantitative estimate of drug-likeness (QED) is 0.682. The molecule has 1 aromatic carbocycles. The Morgan fingerprint density at radius 3 is 2.80 bits per heavy atom. The van der Waals surface area contributed by atoms with Gasteiger partial charge in [0.15, 0.2) is 0 Å². The molecule has 0 aliphatic rings. The Hall–Kier alpha value is -2.33. The maximum atomic E-state index is 13.2. The van der Waals surface area contributed by atoms with E-state index in [1.165, 1.54) is 18.2 Å². The highest BCUT2D eigenvalue weighted by molar-refractivity contribution is 5.92. The Balaban J connectivity index is 2.99. The number of primary amides is 1. The van der Waals surface area contributed by atoms with E-state index in [2.05, 4.69) is 11.8 Å². The molecule has 0 aromatic heterocycles. The van der Waals surface area contributed by atoms with Crippen LogP contribution in [-0.4, -0.2) is 5.91 Å². The lowest BCUT2D eigenvalue weighted by Crippen LogP contribution is -2.06. The van der Waals surface area contributed by atoms with Crippen molar-refractivity contribution in [3.05, 3.63) is 35.1 Å². The molecule has 2 N–H and O–H groups in total. The van der Waals surface area contributed by atoms with Gasteiger partial charge in [0.1, 0.15) is 5.82 Å². The first-order chi connectivity index (χ1) is 7.13. The summed E-state index contributed by atoms with van der Waals surface area (Å²) in [7, 11) is 0. The van der Waals surface area contributed by atoms with Crippen molar-refractivity contribution in [2.45, 2.75) is 6.42 Å². The maximum Gasteiger partial charge on any atom is 0.293 e. The van der Waals surface area contributed by atoms with Crippen LogP contribution in [0.4, 0.5) is 4.39 Å². The van der Waals surface area contributed by atoms with Crippen molar-refractivity contribution < 1.29 is 9.18 Å². The number of nitrogens with two attached hydrogens (primary N) is 1. The van der Waals surface area contributed by atoms with Crippen molar-refractivity contribution in [1.29, 1.82) is 5.26 Å². The molecule has 1 rings (SSSR count). The zero-order valence-corrected chi connectivity index (χ0v) is 7.75. The van der Waals surface area contributed by atoms with Gasteiger partial charge in [-0.2, -0.15) is 5.26 Å². The number of halogens is 1. The van der Waals surface area contributed by atoms with Gasteiger partial charge in [-0.3, -0.25) is 4.79 Å². The van der Waals surface area contributed by atoms with E-state index in [1.807, 2.05) is 6.07 Å². The third-order valence-corrected chi connectivity index (χ3v) is 1.65. The van der Waals surface area contributed by atoms with Crippen LogP contribution in [0.15, 0.2) is 18.2 Å². The molecule has 74 valence electrons. The number of nitriles is 1. The minimum absolute atomic E-state index is 0.00929. The summed E-state index contributed by atoms with van der Waals surface area (Å²) in [5.74, 6) is 3.23. The van der Waals surface area contributed by atoms with Gasteiger partial charge in [-0.1, -0.05) is 12.0 Å². The molecule has 0 bridgehead atoms. The van der Waals surface area contributed by atoms with Crippen LogP contribution in [0.25, 0.3) is 0 Å². The second kappa shape index (κ2) is 4.78. The summed E-state index contributed by atoms with van der Waals surface area (Å²) in [6.07, 6.45) is 0.00929. The zero-order chi connectivity index (χ0) is 11.3. The third kappa shape index (κ3) is 3.13. The lowest BCUT2D eigenvalue weighted by atomic mass is 10.1. The van der Waals surface area contributed by atoms with E-state index in [-0.39, 0.29) is 6.42 Å². The summed E-state index contributed by atoms with van der Waals surface area (Å²) in [6.45, 7) is 0. The van der Waals surface area contributed by atoms with Crippen molar-refractivity contribution in [2.24, 2.45) is 5.73 Å². The van der Waals surface area contributed by atoms with Gasteiger partial charge >= 0.3 is 0 Å². The molecular formula is C11H7FN2O. The van der Waals surface area contributed by atoms with E-state index in [1.54, 1.807) is 0 Å². The maximum absolute atomic E-state index is 13.2. The van der Waals surface area contributed by atoms with Crippen LogP contribution < -0.4 is 5.73 Å². The Bertz CT molecular complexity index is 492. The molecule has 0 heterocycles. The van der Waals surface area contributed by atoms with Crippen molar-refractivity contribution in [2.75, 3.05) is 0 Å². The van der Waals surface area contributed by atoms with Gasteiger partial charge in [0, 0.05) is 11.1 Å². The Labute approximate surface area is 86.3 Å². The van der Waals surface area contributed by atoms with E-state index >= 15 is 0 Å². The first kappa shape index (κ1) is 10.7. The Kier molecular flexibility index (Phi) is 3.43. The number of nitrogens with zero attached hydrogens (tertiary/aromatic N) is 1. The van der Waals surface area contributed by atoms with Crippen LogP contribution in [0.2, 0.25) is 0 Å². The van der Waals surface area contributed by atoms with Gasteiger partial charge in [-0.15, -0.1) is 0 Å². The molecule has 0 atom stereocenters. The topological polar surface area (TPSA) is 66.9 Å². The predicted octanol–water partition coefficient (Wildman–Crippen LogP) is 0.729. The van der Waals surface area contributed by atoms with Crippen molar-refractivity contribution in [1.82, 2.24) is 0 Å². The summed E-state index contributed by atoms with van der Waals surface area (Å²) in [5, 5.41) is 8.38. The first-order valence-corrected chi connectivity index (χ1v) is 4.10. The number of hydrogen-bond acceptors (Lipinski definition) is 2. The van der Waals surface area contributed by atoms with Crippen LogP contribution in [0.1, 0.15) is 11.1 Å². The summed E-state index contributed by atoms with van der Waals surface area (Å²) in [4.78, 5) is 10.3. The van der Waals surface area contributed by atoms with E-state index in [9.17, 15) is 9.18 Å². The summed E-state index contributed by atoms with van der Waals surface area (Å²) in [6, 6.07) is 6.01. The second-order valence-electron chi connectivity index (χ2n) is 2.76. The predicted molar refractivity (Wildman–Crippen MR) is 51.8 cm³/mol. The molecule has 0 aliphatic heterocycles. The number of amides is 1. The normalized spacial score (nSPS) is 8.53. The van der Waals surface area contributed by atoms with E-state index < -0.39 is 11.7 Å². The fourth-order valence-corrected chi connectivity index (χ4v) is 0.987. The summed E-state index contributed by atoms with van der Waals surface area (Å²) < 4.78 is 13.2. The number of rotatable bonds is 1. The van der Waals surface area contributed by atoms with Crippen LogP contribution in [0.3, 0.4) is 0 Å². The van der Waals surface area contributed by atoms with Gasteiger partial charge in [-0.05, 0) is 18.1 Å². The van der Waals surface area contributed by atoms with Crippen molar-refractivity contribution in [3.8, 4) is 17.9 Å². The molecule has 0 saturated carbocycles. The second-order valence-corrected chi connectivity index (χ2v) is 2.76. The van der Waals surface area contributed by atoms with Crippen LogP contribution in [0, 0.1) is 29.0 Å². The fourth-order valence-electron chi connectivity index (χ4n) is 0.987. The Morgan fingerprint density at radius 1 is 1.53 bits per heavy atom. The molecule has 0 spiro atoms. The Morgan fingerprint density at radius 2 is 2.27 bits per heavy atom. The van der Waals surface area contributed by atoms with E-state index in [0.29, 0.717) is 11.1 Å². The molecule has 0 radical (unpaired) electrons. The zero-order valence-electron chi connectivity index (χ0n) is 7.75. The fraction of sp³-hybridized carbons (Fsp3) is 0.0909. The minimum Gasteiger partial charge on any atom is -0.359 e. The SMILES string of the molecule is N#CCc1ccc(C#CC(N)=O)cc1F. The molecule has 0 aliphatic carbocycles. The molecule has 1 amide bonds. The summed E-state index contributed by atoms with van der Waals surface area (Å²) >= 11 is 0. The van der Waals surface area contributed by atoms with Gasteiger partial charge in [0.2, 0.25) is 0 Å². The van der Waals surface area contributed by atoms with Gasteiger partial charge in [0.05, 0.1) is 12.5 Å². The summed E-state index contributed by atoms with van der Waals surface area (Å²) in [5.41, 5.74) is 5.47. The highest BCUT2D eigenvalue weighted by Gasteiger charge is 2.01. The molecule has 3 nitrogen and oxygen atoms in total. The van der Waals surface area contributed by atoms with Gasteiger partial charge in [-0.25, -0.2) is 4.39 Å². The molecular weight excluding hydrogens is 195 g/mol. The number of benzene rings is 1. The standard InChI is InChI=1S/C11H7FN2O/c12-10-7-8(2-4-11(14)15)1-3-9(10)5-6-13/h1,3,7H,5H2,(H2,14,15). The molecule has 0 unspecified atom stereocenters. The molecule has 1 aromatic rings. The highest BCUT2D eigenvalue weighted by Crippen LogP contribution is 2.09. The number of carbonyl (C=O) groups is 1. The number of hydrogen-bond donors (Lipinski definition) is 1. The monoisotopic (exact) mass is 202 g/mol. The smallest absolute Gasteiger partial charge is 0.293 e. The molecule has 0 saturated heterocycles. The highest BCUT2D eigenvalue weighted by atomic mass is 19.1. The van der Waals surface area contributed by atoms with Gasteiger partial charge in [0.25, 0.3) is 5.91 Å². The molecule has 15 heavy (non-hydrogen) atoms. The molecule has 4 heteroatoms. The van der Waals surface area contributed by atoms with Crippen LogP contribution in [0.5, 0.6) is 0 Å². The van der Waals surface area contributed by atoms with Crippen molar-refractivity contribution >= 4 is 5.91 Å². The van der Waals surface area contributed by atoms with Crippen LogP contribution >= 0.6 is 0 Å². The lowest BCUT2D eigenvalue weighted by molar-refractivity contribution is -0.112. The molecule has 0 fully saturated rings. The van der Waals surface area contributed by atoms with Crippen LogP contribution in [-0.2, 0) is 11.2 Å². The van der Waals surface area contributed by atoms with Crippen molar-refractivity contribution in [3.63, 3.8) is 0 Å². The number of carbonyl (C=O) groups excluding carboxylic acids is 1. The average Bonchev–Trinajstić information content (AvgIpc) is 2.19.